The number of rotatable bonds is 6. The summed E-state index contributed by atoms with van der Waals surface area (Å²) in [7, 11) is -4.16. The summed E-state index contributed by atoms with van der Waals surface area (Å²) in [5.41, 5.74) is 0. The zero-order valence-corrected chi connectivity index (χ0v) is 11.2. The van der Waals surface area contributed by atoms with Crippen LogP contribution in [-0.2, 0) is 13.6 Å². The molecule has 5 heteroatoms. The van der Waals surface area contributed by atoms with Crippen molar-refractivity contribution in [3.8, 4) is 0 Å². The fraction of sp³-hybridized carbons (Fsp3) is 1.00. The second kappa shape index (κ2) is 5.30. The highest BCUT2D eigenvalue weighted by Gasteiger charge is 2.31. The summed E-state index contributed by atoms with van der Waals surface area (Å²) in [6.07, 6.45) is 0. The molecule has 0 aliphatic rings. The summed E-state index contributed by atoms with van der Waals surface area (Å²) < 4.78 is 22.4. The predicted octanol–water partition coefficient (Wildman–Crippen LogP) is 3.13. The average Bonchev–Trinajstić information content (AvgIpc) is 1.82. The molecule has 0 aliphatic carbocycles. The van der Waals surface area contributed by atoms with Gasteiger partial charge in [-0.2, -0.15) is 0 Å². The van der Waals surface area contributed by atoms with Crippen molar-refractivity contribution in [2.75, 3.05) is 19.0 Å². The maximum atomic E-state index is 12.0. The minimum atomic E-state index is -2.78. The first kappa shape index (κ1) is 13.4. The van der Waals surface area contributed by atoms with Crippen molar-refractivity contribution in [1.82, 2.24) is 0 Å². The molecule has 0 aromatic heterocycles. The fourth-order valence-electron chi connectivity index (χ4n) is 1.10. The molecule has 0 aromatic carbocycles. The largest absolute Gasteiger partial charge is 0.327 e. The lowest BCUT2D eigenvalue weighted by atomic mass is 10.9. The predicted molar refractivity (Wildman–Crippen MR) is 59.1 cm³/mol. The van der Waals surface area contributed by atoms with Crippen molar-refractivity contribution in [1.29, 1.82) is 0 Å². The Kier molecular flexibility index (Phi) is 5.45. The van der Waals surface area contributed by atoms with E-state index in [1.807, 2.05) is 13.8 Å². The molecular weight excluding hydrogens is 203 g/mol. The van der Waals surface area contributed by atoms with Gasteiger partial charge in [0.25, 0.3) is 0 Å². The van der Waals surface area contributed by atoms with Gasteiger partial charge in [-0.3, -0.25) is 4.57 Å². The van der Waals surface area contributed by atoms with Gasteiger partial charge in [0.1, 0.15) is 0 Å². The zero-order chi connectivity index (χ0) is 10.5. The highest BCUT2D eigenvalue weighted by molar-refractivity contribution is 7.57. The second-order valence-corrected chi connectivity index (χ2v) is 12.3. The lowest BCUT2D eigenvalue weighted by Crippen LogP contribution is -2.27. The minimum absolute atomic E-state index is 0.460. The Balaban J connectivity index is 4.33. The van der Waals surface area contributed by atoms with Gasteiger partial charge < -0.3 is 9.05 Å². The molecule has 0 radical (unpaired) electrons. The highest BCUT2D eigenvalue weighted by atomic mass is 31.2. The van der Waals surface area contributed by atoms with E-state index in [1.165, 1.54) is 0 Å². The molecule has 0 unspecified atom stereocenters. The van der Waals surface area contributed by atoms with E-state index in [0.717, 1.165) is 0 Å². The van der Waals surface area contributed by atoms with Crippen molar-refractivity contribution in [2.24, 2.45) is 0 Å². The molecule has 0 fully saturated rings. The molecule has 0 spiro atoms. The summed E-state index contributed by atoms with van der Waals surface area (Å²) in [6.45, 7) is 11.1. The van der Waals surface area contributed by atoms with Crippen LogP contribution in [0.5, 0.6) is 0 Å². The van der Waals surface area contributed by atoms with Crippen LogP contribution < -0.4 is 0 Å². The van der Waals surface area contributed by atoms with Gasteiger partial charge in [-0.1, -0.05) is 19.6 Å². The molecule has 0 aromatic rings. The van der Waals surface area contributed by atoms with Crippen LogP contribution in [0.3, 0.4) is 0 Å². The van der Waals surface area contributed by atoms with Crippen molar-refractivity contribution >= 4 is 15.7 Å². The zero-order valence-electron chi connectivity index (χ0n) is 9.29. The average molecular weight is 224 g/mol. The molecule has 0 saturated carbocycles. The van der Waals surface area contributed by atoms with Gasteiger partial charge in [-0.15, -0.1) is 0 Å². The van der Waals surface area contributed by atoms with E-state index in [2.05, 4.69) is 19.6 Å². The van der Waals surface area contributed by atoms with E-state index >= 15 is 0 Å². The van der Waals surface area contributed by atoms with E-state index in [4.69, 9.17) is 9.05 Å². The van der Waals surface area contributed by atoms with E-state index < -0.39 is 15.7 Å². The summed E-state index contributed by atoms with van der Waals surface area (Å²) in [4.78, 5) is 0. The third-order valence-corrected chi connectivity index (χ3v) is 7.97. The Labute approximate surface area is 82.4 Å². The van der Waals surface area contributed by atoms with Crippen molar-refractivity contribution < 1.29 is 13.6 Å². The van der Waals surface area contributed by atoms with Crippen molar-refractivity contribution in [2.45, 2.75) is 33.5 Å². The topological polar surface area (TPSA) is 35.5 Å². The van der Waals surface area contributed by atoms with Gasteiger partial charge in [0.15, 0.2) is 0 Å². The van der Waals surface area contributed by atoms with Gasteiger partial charge in [0.2, 0.25) is 0 Å². The van der Waals surface area contributed by atoms with Crippen LogP contribution in [0.25, 0.3) is 0 Å². The standard InChI is InChI=1S/C8H21O3PSi/c1-6-10-12(9,11-7-2)8-13(3,4)5/h6-8H2,1-5H3. The minimum Gasteiger partial charge on any atom is -0.309 e. The molecule has 0 rings (SSSR count). The highest BCUT2D eigenvalue weighted by Crippen LogP contribution is 2.49. The van der Waals surface area contributed by atoms with E-state index in [1.54, 1.807) is 0 Å². The fourth-order valence-corrected chi connectivity index (χ4v) is 7.34. The van der Waals surface area contributed by atoms with Crippen LogP contribution >= 0.6 is 7.60 Å². The molecule has 0 saturated heterocycles. The van der Waals surface area contributed by atoms with Gasteiger partial charge in [-0.25, -0.2) is 0 Å². The molecule has 0 aliphatic heterocycles. The SMILES string of the molecule is CCOP(=O)(C[Si](C)(C)C)OCC. The lowest BCUT2D eigenvalue weighted by molar-refractivity contribution is 0.223. The van der Waals surface area contributed by atoms with E-state index in [-0.39, 0.29) is 0 Å². The maximum Gasteiger partial charge on any atom is 0.327 e. The Hall–Kier alpha value is 0.367. The maximum absolute atomic E-state index is 12.0. The quantitative estimate of drug-likeness (QED) is 0.513. The second-order valence-electron chi connectivity index (χ2n) is 4.17. The summed E-state index contributed by atoms with van der Waals surface area (Å²) in [6, 6.07) is 0. The lowest BCUT2D eigenvalue weighted by Gasteiger charge is -2.23. The first-order valence-electron chi connectivity index (χ1n) is 4.71. The van der Waals surface area contributed by atoms with Crippen LogP contribution in [0.15, 0.2) is 0 Å². The van der Waals surface area contributed by atoms with Crippen molar-refractivity contribution in [3.63, 3.8) is 0 Å². The van der Waals surface area contributed by atoms with E-state index in [0.29, 0.717) is 19.0 Å². The van der Waals surface area contributed by atoms with Gasteiger partial charge in [0, 0.05) is 5.79 Å². The molecule has 3 nitrogen and oxygen atoms in total. The van der Waals surface area contributed by atoms with Gasteiger partial charge in [-0.05, 0) is 13.8 Å². The Morgan fingerprint density at radius 1 is 1.08 bits per heavy atom. The van der Waals surface area contributed by atoms with Crippen LogP contribution in [0.1, 0.15) is 13.8 Å². The Bertz CT molecular complexity index is 178. The number of hydrogen-bond acceptors (Lipinski definition) is 3. The Morgan fingerprint density at radius 2 is 1.46 bits per heavy atom. The summed E-state index contributed by atoms with van der Waals surface area (Å²) in [5.74, 6) is 0.613. The van der Waals surface area contributed by atoms with Crippen LogP contribution in [0.4, 0.5) is 0 Å². The third-order valence-electron chi connectivity index (χ3n) is 1.32. The summed E-state index contributed by atoms with van der Waals surface area (Å²) in [5, 5.41) is 0. The van der Waals surface area contributed by atoms with Crippen LogP contribution in [0, 0.1) is 0 Å². The molecule has 13 heavy (non-hydrogen) atoms. The Morgan fingerprint density at radius 3 is 1.69 bits per heavy atom. The molecule has 0 atom stereocenters. The molecule has 0 N–H and O–H groups in total. The normalized spacial score (nSPS) is 13.3. The van der Waals surface area contributed by atoms with E-state index in [9.17, 15) is 4.57 Å². The molecular formula is C8H21O3PSi. The third kappa shape index (κ3) is 6.44. The summed E-state index contributed by atoms with van der Waals surface area (Å²) >= 11 is 0. The molecule has 0 amide bonds. The number of hydrogen-bond donors (Lipinski definition) is 0. The van der Waals surface area contributed by atoms with Crippen molar-refractivity contribution in [3.05, 3.63) is 0 Å². The van der Waals surface area contributed by atoms with Crippen LogP contribution in [-0.4, -0.2) is 27.1 Å². The molecule has 80 valence electrons. The first-order chi connectivity index (χ1) is 5.83. The molecule has 0 heterocycles. The smallest absolute Gasteiger partial charge is 0.309 e. The van der Waals surface area contributed by atoms with Crippen LogP contribution in [0.2, 0.25) is 19.6 Å². The van der Waals surface area contributed by atoms with Gasteiger partial charge >= 0.3 is 7.60 Å². The van der Waals surface area contributed by atoms with Gasteiger partial charge in [0.05, 0.1) is 21.3 Å². The first-order valence-corrected chi connectivity index (χ1v) is 10.1. The monoisotopic (exact) mass is 224 g/mol. The molecule has 0 bridgehead atoms.